The van der Waals surface area contributed by atoms with Gasteiger partial charge in [-0.3, -0.25) is 0 Å². The fourth-order valence-electron chi connectivity index (χ4n) is 2.82. The van der Waals surface area contributed by atoms with E-state index in [1.54, 1.807) is 6.07 Å². The van der Waals surface area contributed by atoms with Crippen LogP contribution in [-0.4, -0.2) is 21.6 Å². The lowest BCUT2D eigenvalue weighted by Crippen LogP contribution is -2.25. The number of nitrogens with two attached hydrogens (primary N) is 1. The Morgan fingerprint density at radius 3 is 2.76 bits per heavy atom. The standard InChI is InChI=1S/C15H24N2O3S/c1-3-11-5-4-6-12(9-11)20-15-8-7-13(10-14(15)16)21(18,19)17-2/h7-8,10-12,17H,3-6,9,16H2,1-2H3. The SMILES string of the molecule is CCC1CCCC(Oc2ccc(S(=O)(=O)NC)cc2N)C1. The van der Waals surface area contributed by atoms with Crippen molar-refractivity contribution >= 4 is 15.7 Å². The first-order valence-electron chi connectivity index (χ1n) is 7.46. The van der Waals surface area contributed by atoms with Crippen LogP contribution in [0.25, 0.3) is 0 Å². The largest absolute Gasteiger partial charge is 0.488 e. The lowest BCUT2D eigenvalue weighted by molar-refractivity contribution is 0.123. The van der Waals surface area contributed by atoms with Crippen molar-refractivity contribution in [3.05, 3.63) is 18.2 Å². The number of sulfonamides is 1. The van der Waals surface area contributed by atoms with Crippen LogP contribution in [-0.2, 0) is 10.0 Å². The second kappa shape index (κ2) is 6.66. The van der Waals surface area contributed by atoms with Crippen LogP contribution in [0.4, 0.5) is 5.69 Å². The van der Waals surface area contributed by atoms with Gasteiger partial charge in [-0.1, -0.05) is 19.8 Å². The van der Waals surface area contributed by atoms with Crippen LogP contribution in [0.2, 0.25) is 0 Å². The van der Waals surface area contributed by atoms with Gasteiger partial charge in [-0.15, -0.1) is 0 Å². The molecule has 6 heteroatoms. The minimum absolute atomic E-state index is 0.157. The normalized spacial score (nSPS) is 23.0. The van der Waals surface area contributed by atoms with E-state index in [9.17, 15) is 8.42 Å². The maximum absolute atomic E-state index is 11.7. The fourth-order valence-corrected chi connectivity index (χ4v) is 3.58. The van der Waals surface area contributed by atoms with E-state index < -0.39 is 10.0 Å². The van der Waals surface area contributed by atoms with E-state index in [2.05, 4.69) is 11.6 Å². The average Bonchev–Trinajstić information content (AvgIpc) is 2.49. The summed E-state index contributed by atoms with van der Waals surface area (Å²) in [7, 11) is -2.09. The van der Waals surface area contributed by atoms with Gasteiger partial charge in [0.15, 0.2) is 0 Å². The average molecular weight is 312 g/mol. The zero-order chi connectivity index (χ0) is 15.5. The highest BCUT2D eigenvalue weighted by atomic mass is 32.2. The molecule has 0 amide bonds. The minimum atomic E-state index is -3.47. The molecule has 0 radical (unpaired) electrons. The second-order valence-electron chi connectivity index (χ2n) is 5.59. The molecule has 1 saturated carbocycles. The Kier molecular flexibility index (Phi) is 5.11. The molecule has 0 heterocycles. The summed E-state index contributed by atoms with van der Waals surface area (Å²) in [5, 5.41) is 0. The Hall–Kier alpha value is -1.27. The third-order valence-corrected chi connectivity index (χ3v) is 5.58. The third-order valence-electron chi connectivity index (χ3n) is 4.17. The van der Waals surface area contributed by atoms with E-state index in [0.717, 1.165) is 12.8 Å². The predicted molar refractivity (Wildman–Crippen MR) is 83.8 cm³/mol. The molecule has 2 atom stereocenters. The minimum Gasteiger partial charge on any atom is -0.488 e. The van der Waals surface area contributed by atoms with Crippen LogP contribution >= 0.6 is 0 Å². The van der Waals surface area contributed by atoms with E-state index in [1.165, 1.54) is 38.4 Å². The molecule has 0 saturated heterocycles. The zero-order valence-electron chi connectivity index (χ0n) is 12.6. The van der Waals surface area contributed by atoms with Gasteiger partial charge in [0.2, 0.25) is 10.0 Å². The maximum Gasteiger partial charge on any atom is 0.240 e. The maximum atomic E-state index is 11.7. The summed E-state index contributed by atoms with van der Waals surface area (Å²) < 4.78 is 31.7. The summed E-state index contributed by atoms with van der Waals surface area (Å²) in [4.78, 5) is 0.157. The third kappa shape index (κ3) is 3.89. The number of ether oxygens (including phenoxy) is 1. The zero-order valence-corrected chi connectivity index (χ0v) is 13.4. The molecular weight excluding hydrogens is 288 g/mol. The Morgan fingerprint density at radius 2 is 2.14 bits per heavy atom. The lowest BCUT2D eigenvalue weighted by atomic mass is 9.85. The summed E-state index contributed by atoms with van der Waals surface area (Å²) in [6, 6.07) is 4.62. The van der Waals surface area contributed by atoms with Crippen LogP contribution in [0.15, 0.2) is 23.1 Å². The van der Waals surface area contributed by atoms with Gasteiger partial charge in [0.05, 0.1) is 16.7 Å². The van der Waals surface area contributed by atoms with Crippen molar-refractivity contribution in [2.75, 3.05) is 12.8 Å². The molecule has 2 rings (SSSR count). The number of hydrogen-bond acceptors (Lipinski definition) is 4. The van der Waals surface area contributed by atoms with Gasteiger partial charge in [-0.2, -0.15) is 0 Å². The number of nitrogens with one attached hydrogen (secondary N) is 1. The Morgan fingerprint density at radius 1 is 1.38 bits per heavy atom. The number of hydrogen-bond donors (Lipinski definition) is 2. The molecule has 1 aliphatic carbocycles. The van der Waals surface area contributed by atoms with E-state index in [-0.39, 0.29) is 11.0 Å². The highest BCUT2D eigenvalue weighted by molar-refractivity contribution is 7.89. The molecule has 1 aliphatic rings. The fraction of sp³-hybridized carbons (Fsp3) is 0.600. The number of benzene rings is 1. The molecule has 1 aromatic carbocycles. The van der Waals surface area contributed by atoms with Gasteiger partial charge < -0.3 is 10.5 Å². The van der Waals surface area contributed by atoms with Crippen molar-refractivity contribution in [3.8, 4) is 5.75 Å². The van der Waals surface area contributed by atoms with Gasteiger partial charge in [-0.05, 0) is 50.4 Å². The molecule has 2 unspecified atom stereocenters. The van der Waals surface area contributed by atoms with E-state index >= 15 is 0 Å². The highest BCUT2D eigenvalue weighted by Crippen LogP contribution is 2.32. The number of nitrogen functional groups attached to an aromatic ring is 1. The second-order valence-corrected chi connectivity index (χ2v) is 7.47. The molecular formula is C15H24N2O3S. The summed E-state index contributed by atoms with van der Waals surface area (Å²) in [6.07, 6.45) is 5.88. The smallest absolute Gasteiger partial charge is 0.240 e. The van der Waals surface area contributed by atoms with E-state index in [1.807, 2.05) is 0 Å². The summed E-state index contributed by atoms with van der Waals surface area (Å²) >= 11 is 0. The molecule has 1 aromatic rings. The summed E-state index contributed by atoms with van der Waals surface area (Å²) in [5.74, 6) is 1.29. The molecule has 0 aliphatic heterocycles. The van der Waals surface area contributed by atoms with Gasteiger partial charge in [-0.25, -0.2) is 13.1 Å². The molecule has 0 bridgehead atoms. The molecule has 0 aromatic heterocycles. The Labute approximate surface area is 126 Å². The van der Waals surface area contributed by atoms with Gasteiger partial charge in [0.25, 0.3) is 0 Å². The van der Waals surface area contributed by atoms with Crippen LogP contribution < -0.4 is 15.2 Å². The van der Waals surface area contributed by atoms with Crippen molar-refractivity contribution in [3.63, 3.8) is 0 Å². The predicted octanol–water partition coefficient (Wildman–Crippen LogP) is 2.52. The summed E-state index contributed by atoms with van der Waals surface area (Å²) in [6.45, 7) is 2.21. The molecule has 21 heavy (non-hydrogen) atoms. The molecule has 5 nitrogen and oxygen atoms in total. The monoisotopic (exact) mass is 312 g/mol. The first-order valence-corrected chi connectivity index (χ1v) is 8.94. The molecule has 0 spiro atoms. The topological polar surface area (TPSA) is 81.4 Å². The Bertz CT molecular complexity index is 587. The molecule has 118 valence electrons. The number of rotatable bonds is 5. The van der Waals surface area contributed by atoms with Crippen LogP contribution in [0.3, 0.4) is 0 Å². The van der Waals surface area contributed by atoms with E-state index in [4.69, 9.17) is 10.5 Å². The van der Waals surface area contributed by atoms with Crippen molar-refractivity contribution in [2.24, 2.45) is 5.92 Å². The van der Waals surface area contributed by atoms with Crippen molar-refractivity contribution in [2.45, 2.75) is 50.0 Å². The Balaban J connectivity index is 2.11. The van der Waals surface area contributed by atoms with Crippen molar-refractivity contribution < 1.29 is 13.2 Å². The first kappa shape index (κ1) is 16.1. The van der Waals surface area contributed by atoms with E-state index in [0.29, 0.717) is 17.4 Å². The highest BCUT2D eigenvalue weighted by Gasteiger charge is 2.23. The van der Waals surface area contributed by atoms with Crippen molar-refractivity contribution in [1.82, 2.24) is 4.72 Å². The first-order chi connectivity index (χ1) is 9.96. The molecule has 1 fully saturated rings. The van der Waals surface area contributed by atoms with Gasteiger partial charge >= 0.3 is 0 Å². The van der Waals surface area contributed by atoms with Crippen molar-refractivity contribution in [1.29, 1.82) is 0 Å². The van der Waals surface area contributed by atoms with Crippen LogP contribution in [0.1, 0.15) is 39.0 Å². The molecule has 3 N–H and O–H groups in total. The van der Waals surface area contributed by atoms with Crippen LogP contribution in [0.5, 0.6) is 5.75 Å². The quantitative estimate of drug-likeness (QED) is 0.819. The lowest BCUT2D eigenvalue weighted by Gasteiger charge is -2.29. The summed E-state index contributed by atoms with van der Waals surface area (Å²) in [5.41, 5.74) is 6.31. The number of anilines is 1. The van der Waals surface area contributed by atoms with Gasteiger partial charge in [0, 0.05) is 0 Å². The van der Waals surface area contributed by atoms with Crippen LogP contribution in [0, 0.1) is 5.92 Å². The van der Waals surface area contributed by atoms with Gasteiger partial charge in [0.1, 0.15) is 5.75 Å².